The molecule has 1 atom stereocenters. The minimum atomic E-state index is -3.69. The third-order valence-corrected chi connectivity index (χ3v) is 5.18. The number of hydrogen-bond donors (Lipinski definition) is 2. The molecule has 0 spiro atoms. The molecule has 4 rings (SSSR count). The van der Waals surface area contributed by atoms with Crippen LogP contribution in [0.4, 0.5) is 24.8 Å². The number of fused-ring (bicyclic) bond motifs is 2. The van der Waals surface area contributed by atoms with E-state index in [-0.39, 0.29) is 24.0 Å². The van der Waals surface area contributed by atoms with Crippen molar-refractivity contribution in [2.45, 2.75) is 18.9 Å². The fraction of sp³-hybridized carbons (Fsp3) is 0.286. The molecular weight excluding hydrogens is 413 g/mol. The highest BCUT2D eigenvalue weighted by Gasteiger charge is 2.35. The zero-order valence-corrected chi connectivity index (χ0v) is 16.7. The summed E-state index contributed by atoms with van der Waals surface area (Å²) in [6.45, 7) is 0.0237. The molecule has 0 saturated heterocycles. The standard InChI is InChI=1S/C21H19F3N4O3/c1-11(13-4-3-5-14(19(13)22)21(23,24)10-29)26-20-25-8-12-6-16-17(7-15(12)27-20)31-9-18(30)28(16)2/h3-8,11,29H,9-10H2,1-2H3,(H,25,26,27). The number of halogens is 3. The highest BCUT2D eigenvalue weighted by atomic mass is 19.3. The van der Waals surface area contributed by atoms with Crippen molar-refractivity contribution >= 4 is 28.4 Å². The molecule has 0 saturated carbocycles. The average molecular weight is 432 g/mol. The van der Waals surface area contributed by atoms with Crippen LogP contribution in [-0.4, -0.2) is 41.2 Å². The minimum Gasteiger partial charge on any atom is -0.481 e. The van der Waals surface area contributed by atoms with Gasteiger partial charge in [0.05, 0.1) is 22.8 Å². The average Bonchev–Trinajstić information content (AvgIpc) is 2.75. The Morgan fingerprint density at radius 1 is 1.35 bits per heavy atom. The zero-order valence-electron chi connectivity index (χ0n) is 16.7. The number of benzene rings is 2. The van der Waals surface area contributed by atoms with Crippen molar-refractivity contribution in [1.82, 2.24) is 9.97 Å². The fourth-order valence-corrected chi connectivity index (χ4v) is 3.39. The number of nitrogens with zero attached hydrogens (tertiary/aromatic N) is 3. The maximum atomic E-state index is 14.7. The van der Waals surface area contributed by atoms with Crippen LogP contribution in [-0.2, 0) is 10.7 Å². The van der Waals surface area contributed by atoms with Crippen molar-refractivity contribution in [3.63, 3.8) is 0 Å². The Bertz CT molecular complexity index is 1170. The summed E-state index contributed by atoms with van der Waals surface area (Å²) < 4.78 is 47.8. The number of aliphatic hydroxyl groups excluding tert-OH is 1. The summed E-state index contributed by atoms with van der Waals surface area (Å²) >= 11 is 0. The van der Waals surface area contributed by atoms with E-state index in [0.717, 1.165) is 6.07 Å². The van der Waals surface area contributed by atoms with Gasteiger partial charge in [0.2, 0.25) is 5.95 Å². The Morgan fingerprint density at radius 2 is 2.13 bits per heavy atom. The number of anilines is 2. The number of likely N-dealkylation sites (N-methyl/N-ethyl adjacent to an activating group) is 1. The maximum Gasteiger partial charge on any atom is 0.298 e. The van der Waals surface area contributed by atoms with Crippen molar-refractivity contribution < 1.29 is 27.8 Å². The number of carbonyl (C=O) groups excluding carboxylic acids is 1. The van der Waals surface area contributed by atoms with Gasteiger partial charge in [0.25, 0.3) is 11.8 Å². The molecule has 7 nitrogen and oxygen atoms in total. The lowest BCUT2D eigenvalue weighted by Crippen LogP contribution is -2.35. The van der Waals surface area contributed by atoms with Gasteiger partial charge in [0.15, 0.2) is 6.61 Å². The van der Waals surface area contributed by atoms with Gasteiger partial charge in [-0.1, -0.05) is 12.1 Å². The number of nitrogens with one attached hydrogen (secondary N) is 1. The Morgan fingerprint density at radius 3 is 2.87 bits per heavy atom. The summed E-state index contributed by atoms with van der Waals surface area (Å²) in [6, 6.07) is 6.30. The van der Waals surface area contributed by atoms with Gasteiger partial charge < -0.3 is 20.1 Å². The van der Waals surface area contributed by atoms with E-state index < -0.39 is 30.0 Å². The first-order valence-corrected chi connectivity index (χ1v) is 9.45. The lowest BCUT2D eigenvalue weighted by Gasteiger charge is -2.26. The van der Waals surface area contributed by atoms with Crippen molar-refractivity contribution in [3.05, 3.63) is 53.5 Å². The van der Waals surface area contributed by atoms with E-state index in [4.69, 9.17) is 9.84 Å². The van der Waals surface area contributed by atoms with Gasteiger partial charge in [-0.2, -0.15) is 8.78 Å². The molecule has 2 heterocycles. The predicted molar refractivity (Wildman–Crippen MR) is 108 cm³/mol. The van der Waals surface area contributed by atoms with Crippen LogP contribution >= 0.6 is 0 Å². The molecule has 0 aliphatic carbocycles. The SMILES string of the molecule is CC(Nc1ncc2cc3c(cc2n1)OCC(=O)N3C)c1cccc(C(F)(F)CO)c1F. The molecular formula is C21H19F3N4O3. The molecule has 2 aromatic carbocycles. The van der Waals surface area contributed by atoms with Gasteiger partial charge in [0.1, 0.15) is 18.2 Å². The molecule has 2 N–H and O–H groups in total. The lowest BCUT2D eigenvalue weighted by atomic mass is 10.0. The summed E-state index contributed by atoms with van der Waals surface area (Å²) in [4.78, 5) is 21.9. The quantitative estimate of drug-likeness (QED) is 0.643. The molecule has 0 fully saturated rings. The Kier molecular flexibility index (Phi) is 5.18. The van der Waals surface area contributed by atoms with E-state index >= 15 is 0 Å². The van der Waals surface area contributed by atoms with Crippen LogP contribution in [0.15, 0.2) is 36.5 Å². The van der Waals surface area contributed by atoms with E-state index in [1.54, 1.807) is 26.1 Å². The first-order valence-electron chi connectivity index (χ1n) is 9.45. The van der Waals surface area contributed by atoms with Gasteiger partial charge in [-0.05, 0) is 19.1 Å². The lowest BCUT2D eigenvalue weighted by molar-refractivity contribution is -0.120. The molecule has 10 heteroatoms. The highest BCUT2D eigenvalue weighted by molar-refractivity contribution is 6.00. The normalized spacial score (nSPS) is 14.9. The number of rotatable bonds is 5. The Hall–Kier alpha value is -3.40. The summed E-state index contributed by atoms with van der Waals surface area (Å²) in [5, 5.41) is 12.4. The van der Waals surface area contributed by atoms with Gasteiger partial charge in [0, 0.05) is 30.3 Å². The monoisotopic (exact) mass is 432 g/mol. The molecule has 0 radical (unpaired) electrons. The number of aliphatic hydroxyl groups is 1. The fourth-order valence-electron chi connectivity index (χ4n) is 3.39. The molecule has 31 heavy (non-hydrogen) atoms. The number of ether oxygens (including phenoxy) is 1. The Balaban J connectivity index is 1.63. The van der Waals surface area contributed by atoms with Crippen molar-refractivity contribution in [2.24, 2.45) is 0 Å². The smallest absolute Gasteiger partial charge is 0.298 e. The summed E-state index contributed by atoms with van der Waals surface area (Å²) in [7, 11) is 1.65. The second kappa shape index (κ2) is 7.69. The number of alkyl halides is 2. The molecule has 162 valence electrons. The number of aromatic nitrogens is 2. The summed E-state index contributed by atoms with van der Waals surface area (Å²) in [5.41, 5.74) is 0.253. The third kappa shape index (κ3) is 3.74. The first kappa shape index (κ1) is 20.9. The van der Waals surface area contributed by atoms with Crippen LogP contribution in [0.3, 0.4) is 0 Å². The summed E-state index contributed by atoms with van der Waals surface area (Å²) in [5.74, 6) is -4.29. The van der Waals surface area contributed by atoms with Crippen LogP contribution < -0.4 is 15.0 Å². The number of amides is 1. The molecule has 3 aromatic rings. The van der Waals surface area contributed by atoms with E-state index in [1.807, 2.05) is 0 Å². The molecule has 1 aliphatic rings. The summed E-state index contributed by atoms with van der Waals surface area (Å²) in [6.07, 6.45) is 1.54. The topological polar surface area (TPSA) is 87.6 Å². The van der Waals surface area contributed by atoms with Gasteiger partial charge in [-0.25, -0.2) is 14.4 Å². The van der Waals surface area contributed by atoms with Gasteiger partial charge >= 0.3 is 0 Å². The number of carbonyl (C=O) groups is 1. The third-order valence-electron chi connectivity index (χ3n) is 5.18. The molecule has 0 bridgehead atoms. The van der Waals surface area contributed by atoms with Gasteiger partial charge in [-0.15, -0.1) is 0 Å². The van der Waals surface area contributed by atoms with Crippen LogP contribution in [0.2, 0.25) is 0 Å². The van der Waals surface area contributed by atoms with Crippen LogP contribution in [0.1, 0.15) is 24.1 Å². The molecule has 1 unspecified atom stereocenters. The second-order valence-corrected chi connectivity index (χ2v) is 7.25. The molecule has 1 amide bonds. The largest absolute Gasteiger partial charge is 0.481 e. The van der Waals surface area contributed by atoms with E-state index in [9.17, 15) is 18.0 Å². The van der Waals surface area contributed by atoms with E-state index in [2.05, 4.69) is 15.3 Å². The van der Waals surface area contributed by atoms with Crippen molar-refractivity contribution in [3.8, 4) is 5.75 Å². The van der Waals surface area contributed by atoms with Gasteiger partial charge in [-0.3, -0.25) is 4.79 Å². The maximum absolute atomic E-state index is 14.7. The van der Waals surface area contributed by atoms with Crippen LogP contribution in [0.25, 0.3) is 10.9 Å². The second-order valence-electron chi connectivity index (χ2n) is 7.25. The van der Waals surface area contributed by atoms with E-state index in [1.165, 1.54) is 23.2 Å². The zero-order chi connectivity index (χ0) is 22.3. The minimum absolute atomic E-state index is 0.0109. The first-order chi connectivity index (χ1) is 14.7. The van der Waals surface area contributed by atoms with E-state index in [0.29, 0.717) is 22.3 Å². The highest BCUT2D eigenvalue weighted by Crippen LogP contribution is 2.36. The molecule has 1 aliphatic heterocycles. The van der Waals surface area contributed by atoms with Crippen LogP contribution in [0, 0.1) is 5.82 Å². The van der Waals surface area contributed by atoms with Crippen molar-refractivity contribution in [2.75, 3.05) is 30.5 Å². The Labute approximate surface area is 175 Å². The number of hydrogen-bond acceptors (Lipinski definition) is 6. The predicted octanol–water partition coefficient (Wildman–Crippen LogP) is 3.38. The van der Waals surface area contributed by atoms with Crippen LogP contribution in [0.5, 0.6) is 5.75 Å². The van der Waals surface area contributed by atoms with Crippen molar-refractivity contribution in [1.29, 1.82) is 0 Å². The molecule has 1 aromatic heterocycles.